The molecule has 2 aromatic carbocycles. The number of carbonyl (C=O) groups is 1. The highest BCUT2D eigenvalue weighted by Gasteiger charge is 2.23. The first-order valence-corrected chi connectivity index (χ1v) is 8.07. The van der Waals surface area contributed by atoms with Crippen molar-refractivity contribution in [2.24, 2.45) is 0 Å². The Labute approximate surface area is 148 Å². The van der Waals surface area contributed by atoms with E-state index in [0.29, 0.717) is 17.3 Å². The van der Waals surface area contributed by atoms with Crippen LogP contribution in [0.5, 0.6) is 0 Å². The summed E-state index contributed by atoms with van der Waals surface area (Å²) >= 11 is 5.86. The lowest BCUT2D eigenvalue weighted by Crippen LogP contribution is -2.27. The molecule has 0 radical (unpaired) electrons. The molecule has 0 aliphatic carbocycles. The normalized spacial score (nSPS) is 12.0. The van der Waals surface area contributed by atoms with Crippen LogP contribution < -0.4 is 5.32 Å². The van der Waals surface area contributed by atoms with Gasteiger partial charge in [-0.1, -0.05) is 30.7 Å². The van der Waals surface area contributed by atoms with E-state index in [0.717, 1.165) is 5.56 Å². The number of hydrogen-bond acceptors (Lipinski definition) is 4. The third-order valence-corrected chi connectivity index (χ3v) is 3.88. The Morgan fingerprint density at radius 2 is 1.96 bits per heavy atom. The van der Waals surface area contributed by atoms with Gasteiger partial charge >= 0.3 is 0 Å². The monoisotopic (exact) mass is 359 g/mol. The second-order valence-corrected chi connectivity index (χ2v) is 5.77. The van der Waals surface area contributed by atoms with Gasteiger partial charge in [-0.25, -0.2) is 4.39 Å². The number of amides is 1. The molecule has 0 bridgehead atoms. The molecule has 1 amide bonds. The predicted octanol–water partition coefficient (Wildman–Crippen LogP) is 3.72. The summed E-state index contributed by atoms with van der Waals surface area (Å²) in [7, 11) is 0. The van der Waals surface area contributed by atoms with Crippen molar-refractivity contribution in [2.45, 2.75) is 19.4 Å². The number of benzene rings is 2. The second kappa shape index (κ2) is 7.40. The molecule has 128 valence electrons. The predicted molar refractivity (Wildman–Crippen MR) is 92.6 cm³/mol. The summed E-state index contributed by atoms with van der Waals surface area (Å²) in [6.45, 7) is 1.82. The molecular formula is C17H15ClFN5O. The number of hydrogen-bond donors (Lipinski definition) is 1. The smallest absolute Gasteiger partial charge is 0.251 e. The Bertz CT molecular complexity index is 881. The Kier molecular flexibility index (Phi) is 5.04. The van der Waals surface area contributed by atoms with Gasteiger partial charge in [0.2, 0.25) is 5.82 Å². The van der Waals surface area contributed by atoms with Crippen molar-refractivity contribution in [3.05, 3.63) is 59.4 Å². The van der Waals surface area contributed by atoms with E-state index >= 15 is 0 Å². The van der Waals surface area contributed by atoms with Crippen molar-refractivity contribution >= 4 is 23.2 Å². The van der Waals surface area contributed by atoms with E-state index in [9.17, 15) is 9.18 Å². The van der Waals surface area contributed by atoms with E-state index in [-0.39, 0.29) is 5.69 Å². The molecule has 0 saturated carbocycles. The van der Waals surface area contributed by atoms with Crippen LogP contribution in [0.3, 0.4) is 0 Å². The molecule has 0 fully saturated rings. The number of aromatic nitrogens is 4. The Hall–Kier alpha value is -2.80. The summed E-state index contributed by atoms with van der Waals surface area (Å²) in [6, 6.07) is 12.3. The molecule has 1 N–H and O–H groups in total. The highest BCUT2D eigenvalue weighted by Crippen LogP contribution is 2.20. The van der Waals surface area contributed by atoms with Gasteiger partial charge in [-0.15, -0.1) is 10.2 Å². The molecule has 1 aromatic heterocycles. The van der Waals surface area contributed by atoms with Crippen LogP contribution in [0, 0.1) is 5.82 Å². The molecule has 25 heavy (non-hydrogen) atoms. The highest BCUT2D eigenvalue weighted by molar-refractivity contribution is 6.30. The molecule has 0 unspecified atom stereocenters. The SMILES string of the molecule is CC[C@H](C(=O)Nc1ccccc1F)n1nnc(-c2ccc(Cl)cc2)n1. The van der Waals surface area contributed by atoms with Gasteiger partial charge in [0.15, 0.2) is 6.04 Å². The van der Waals surface area contributed by atoms with E-state index < -0.39 is 17.8 Å². The molecule has 0 aliphatic rings. The van der Waals surface area contributed by atoms with Crippen LogP contribution in [0.15, 0.2) is 48.5 Å². The van der Waals surface area contributed by atoms with Gasteiger partial charge < -0.3 is 5.32 Å². The van der Waals surface area contributed by atoms with Crippen molar-refractivity contribution < 1.29 is 9.18 Å². The van der Waals surface area contributed by atoms with E-state index in [1.807, 2.05) is 6.92 Å². The van der Waals surface area contributed by atoms with Crippen LogP contribution >= 0.6 is 11.6 Å². The molecule has 0 spiro atoms. The fraction of sp³-hybridized carbons (Fsp3) is 0.176. The van der Waals surface area contributed by atoms with E-state index in [1.54, 1.807) is 36.4 Å². The average molecular weight is 360 g/mol. The molecule has 1 heterocycles. The van der Waals surface area contributed by atoms with Crippen molar-refractivity contribution in [1.82, 2.24) is 20.2 Å². The third kappa shape index (κ3) is 3.83. The number of halogens is 2. The molecule has 0 aliphatic heterocycles. The lowest BCUT2D eigenvalue weighted by Gasteiger charge is -2.13. The zero-order chi connectivity index (χ0) is 17.8. The fourth-order valence-corrected chi connectivity index (χ4v) is 2.43. The molecular weight excluding hydrogens is 345 g/mol. The van der Waals surface area contributed by atoms with Crippen molar-refractivity contribution in [3.8, 4) is 11.4 Å². The van der Waals surface area contributed by atoms with Crippen LogP contribution in [0.2, 0.25) is 5.02 Å². The summed E-state index contributed by atoms with van der Waals surface area (Å²) < 4.78 is 13.7. The van der Waals surface area contributed by atoms with E-state index in [4.69, 9.17) is 11.6 Å². The quantitative estimate of drug-likeness (QED) is 0.753. The first-order chi connectivity index (χ1) is 12.1. The zero-order valence-corrected chi connectivity index (χ0v) is 14.1. The molecule has 3 aromatic rings. The van der Waals surface area contributed by atoms with Crippen LogP contribution in [-0.4, -0.2) is 26.1 Å². The third-order valence-electron chi connectivity index (χ3n) is 3.63. The fourth-order valence-electron chi connectivity index (χ4n) is 2.30. The van der Waals surface area contributed by atoms with Gasteiger partial charge in [0.1, 0.15) is 5.82 Å². The summed E-state index contributed by atoms with van der Waals surface area (Å²) in [5.74, 6) is -0.527. The Morgan fingerprint density at radius 3 is 2.64 bits per heavy atom. The van der Waals surface area contributed by atoms with Crippen molar-refractivity contribution in [2.75, 3.05) is 5.32 Å². The van der Waals surface area contributed by atoms with Crippen LogP contribution in [0.25, 0.3) is 11.4 Å². The van der Waals surface area contributed by atoms with Crippen LogP contribution in [0.4, 0.5) is 10.1 Å². The lowest BCUT2D eigenvalue weighted by atomic mass is 10.2. The van der Waals surface area contributed by atoms with Crippen molar-refractivity contribution in [1.29, 1.82) is 0 Å². The van der Waals surface area contributed by atoms with Gasteiger partial charge in [0.05, 0.1) is 5.69 Å². The molecule has 8 heteroatoms. The van der Waals surface area contributed by atoms with Gasteiger partial charge in [0.25, 0.3) is 5.91 Å². The molecule has 0 saturated heterocycles. The minimum absolute atomic E-state index is 0.115. The first kappa shape index (κ1) is 17.0. The highest BCUT2D eigenvalue weighted by atomic mass is 35.5. The molecule has 3 rings (SSSR count). The summed E-state index contributed by atoms with van der Waals surface area (Å²) in [5.41, 5.74) is 0.851. The van der Waals surface area contributed by atoms with E-state index in [2.05, 4.69) is 20.7 Å². The van der Waals surface area contributed by atoms with Crippen molar-refractivity contribution in [3.63, 3.8) is 0 Å². The molecule has 1 atom stereocenters. The average Bonchev–Trinajstić information content (AvgIpc) is 3.08. The van der Waals surface area contributed by atoms with Gasteiger partial charge in [0, 0.05) is 10.6 Å². The largest absolute Gasteiger partial charge is 0.322 e. The number of anilines is 1. The first-order valence-electron chi connectivity index (χ1n) is 7.69. The number of carbonyl (C=O) groups excluding carboxylic acids is 1. The maximum Gasteiger partial charge on any atom is 0.251 e. The van der Waals surface area contributed by atoms with Gasteiger partial charge in [-0.05, 0) is 48.0 Å². The topological polar surface area (TPSA) is 72.7 Å². The minimum Gasteiger partial charge on any atom is -0.322 e. The minimum atomic E-state index is -0.701. The lowest BCUT2D eigenvalue weighted by molar-refractivity contribution is -0.120. The Balaban J connectivity index is 1.80. The Morgan fingerprint density at radius 1 is 1.24 bits per heavy atom. The number of tetrazole rings is 1. The van der Waals surface area contributed by atoms with Crippen LogP contribution in [0.1, 0.15) is 19.4 Å². The van der Waals surface area contributed by atoms with Gasteiger partial charge in [-0.3, -0.25) is 4.79 Å². The second-order valence-electron chi connectivity index (χ2n) is 5.33. The van der Waals surface area contributed by atoms with E-state index in [1.165, 1.54) is 16.9 Å². The number of nitrogens with zero attached hydrogens (tertiary/aromatic N) is 4. The number of nitrogens with one attached hydrogen (secondary N) is 1. The summed E-state index contributed by atoms with van der Waals surface area (Å²) in [4.78, 5) is 13.7. The molecule has 6 nitrogen and oxygen atoms in total. The van der Waals surface area contributed by atoms with Crippen LogP contribution in [-0.2, 0) is 4.79 Å². The zero-order valence-electron chi connectivity index (χ0n) is 13.4. The number of para-hydroxylation sites is 1. The summed E-state index contributed by atoms with van der Waals surface area (Å²) in [6.07, 6.45) is 0.427. The maximum absolute atomic E-state index is 13.7. The number of rotatable bonds is 5. The maximum atomic E-state index is 13.7. The standard InChI is InChI=1S/C17H15ClFN5O/c1-2-15(17(25)20-14-6-4-3-5-13(14)19)24-22-16(21-23-24)11-7-9-12(18)10-8-11/h3-10,15H,2H2,1H3,(H,20,25)/t15-/m1/s1. The summed E-state index contributed by atoms with van der Waals surface area (Å²) in [5, 5.41) is 15.4. The van der Waals surface area contributed by atoms with Gasteiger partial charge in [-0.2, -0.15) is 4.80 Å².